The van der Waals surface area contributed by atoms with Gasteiger partial charge in [0, 0.05) is 57.3 Å². The Balaban J connectivity index is 1.43. The second kappa shape index (κ2) is 15.9. The largest absolute Gasteiger partial charge is 0.416 e. The van der Waals surface area contributed by atoms with Gasteiger partial charge in [-0.25, -0.2) is 4.39 Å². The van der Waals surface area contributed by atoms with Gasteiger partial charge in [0.25, 0.3) is 0 Å². The maximum atomic E-state index is 14.7. The van der Waals surface area contributed by atoms with Gasteiger partial charge in [-0.3, -0.25) is 14.5 Å². The zero-order valence-electron chi connectivity index (χ0n) is 26.9. The number of piperazine rings is 1. The Morgan fingerprint density at radius 1 is 0.792 bits per heavy atom. The number of rotatable bonds is 11. The summed E-state index contributed by atoms with van der Waals surface area (Å²) in [5, 5.41) is 0. The van der Waals surface area contributed by atoms with E-state index >= 15 is 0 Å². The van der Waals surface area contributed by atoms with E-state index in [0.717, 1.165) is 53.9 Å². The fraction of sp³-hybridized carbons (Fsp3) is 0.282. The molecule has 1 unspecified atom stereocenters. The molecule has 0 saturated carbocycles. The molecule has 1 fully saturated rings. The number of carbonyl (C=O) groups excluding carboxylic acids is 2. The molecule has 0 aromatic heterocycles. The van der Waals surface area contributed by atoms with Crippen molar-refractivity contribution in [3.63, 3.8) is 0 Å². The van der Waals surface area contributed by atoms with Gasteiger partial charge in [0.15, 0.2) is 0 Å². The Hall–Kier alpha value is -4.76. The summed E-state index contributed by atoms with van der Waals surface area (Å²) in [7, 11) is 0. The Morgan fingerprint density at radius 2 is 1.40 bits per heavy atom. The van der Waals surface area contributed by atoms with Crippen LogP contribution in [0.2, 0.25) is 0 Å². The molecule has 0 N–H and O–H groups in total. The normalized spacial score (nSPS) is 14.6. The molecule has 1 heterocycles. The highest BCUT2D eigenvalue weighted by molar-refractivity contribution is 5.95. The van der Waals surface area contributed by atoms with Crippen LogP contribution in [0.4, 0.5) is 17.6 Å². The number of carbonyl (C=O) groups is 2. The summed E-state index contributed by atoms with van der Waals surface area (Å²) in [5.74, 6) is -1.84. The third-order valence-corrected chi connectivity index (χ3v) is 8.67. The van der Waals surface area contributed by atoms with Gasteiger partial charge < -0.3 is 9.80 Å². The van der Waals surface area contributed by atoms with Crippen LogP contribution < -0.4 is 0 Å². The summed E-state index contributed by atoms with van der Waals surface area (Å²) in [5.41, 5.74) is 2.73. The molecule has 0 radical (unpaired) electrons. The summed E-state index contributed by atoms with van der Waals surface area (Å²) in [6.45, 7) is 5.29. The molecule has 4 aromatic carbocycles. The van der Waals surface area contributed by atoms with Crippen LogP contribution in [0.1, 0.15) is 40.3 Å². The molecule has 48 heavy (non-hydrogen) atoms. The SMILES string of the molecule is CCc1ccc(CN(C(=O)C=Cc2ccc(C(F)(F)F)cc2F)C(Cc2ccccc2)C(=O)N2CCN(Cc3ccccc3)CC2)cc1. The summed E-state index contributed by atoms with van der Waals surface area (Å²) >= 11 is 0. The van der Waals surface area contributed by atoms with Crippen molar-refractivity contribution in [1.29, 1.82) is 0 Å². The third-order valence-electron chi connectivity index (χ3n) is 8.67. The number of halogens is 4. The predicted molar refractivity (Wildman–Crippen MR) is 179 cm³/mol. The van der Waals surface area contributed by atoms with E-state index in [0.29, 0.717) is 32.2 Å². The van der Waals surface area contributed by atoms with Crippen LogP contribution in [0.25, 0.3) is 6.08 Å². The van der Waals surface area contributed by atoms with E-state index in [9.17, 15) is 27.2 Å². The van der Waals surface area contributed by atoms with Crippen LogP contribution in [-0.4, -0.2) is 58.7 Å². The maximum Gasteiger partial charge on any atom is 0.416 e. The molecular formula is C39H39F4N3O2. The smallest absolute Gasteiger partial charge is 0.338 e. The molecule has 250 valence electrons. The first-order chi connectivity index (χ1) is 23.1. The minimum absolute atomic E-state index is 0.111. The molecule has 5 rings (SSSR count). The number of aryl methyl sites for hydroxylation is 1. The molecular weight excluding hydrogens is 618 g/mol. The van der Waals surface area contributed by atoms with Crippen LogP contribution in [-0.2, 0) is 41.7 Å². The molecule has 2 amide bonds. The summed E-state index contributed by atoms with van der Waals surface area (Å²) in [4.78, 5) is 34.0. The van der Waals surface area contributed by atoms with Crippen LogP contribution in [0.3, 0.4) is 0 Å². The quantitative estimate of drug-likeness (QED) is 0.125. The third kappa shape index (κ3) is 9.19. The summed E-state index contributed by atoms with van der Waals surface area (Å²) < 4.78 is 54.0. The lowest BCUT2D eigenvalue weighted by atomic mass is 10.0. The van der Waals surface area contributed by atoms with Crippen LogP contribution in [0.5, 0.6) is 0 Å². The lowest BCUT2D eigenvalue weighted by Crippen LogP contribution is -2.56. The number of amides is 2. The van der Waals surface area contributed by atoms with Crippen molar-refractivity contribution in [1.82, 2.24) is 14.7 Å². The first-order valence-corrected chi connectivity index (χ1v) is 16.1. The van der Waals surface area contributed by atoms with Crippen LogP contribution >= 0.6 is 0 Å². The molecule has 1 aliphatic heterocycles. The van der Waals surface area contributed by atoms with Crippen molar-refractivity contribution in [2.75, 3.05) is 26.2 Å². The topological polar surface area (TPSA) is 43.9 Å². The van der Waals surface area contributed by atoms with E-state index in [1.807, 2.05) is 79.7 Å². The van der Waals surface area contributed by atoms with Gasteiger partial charge in [0.05, 0.1) is 5.56 Å². The van der Waals surface area contributed by atoms with E-state index in [4.69, 9.17) is 0 Å². The van der Waals surface area contributed by atoms with E-state index in [-0.39, 0.29) is 24.4 Å². The molecule has 1 atom stereocenters. The molecule has 5 nitrogen and oxygen atoms in total. The van der Waals surface area contributed by atoms with Gasteiger partial charge >= 0.3 is 6.18 Å². The number of benzene rings is 4. The second-order valence-corrected chi connectivity index (χ2v) is 12.0. The number of hydrogen-bond donors (Lipinski definition) is 0. The van der Waals surface area contributed by atoms with Crippen molar-refractivity contribution in [2.45, 2.75) is 45.1 Å². The van der Waals surface area contributed by atoms with Crippen molar-refractivity contribution < 1.29 is 27.2 Å². The van der Waals surface area contributed by atoms with Crippen molar-refractivity contribution in [3.8, 4) is 0 Å². The number of nitrogens with zero attached hydrogens (tertiary/aromatic N) is 3. The highest BCUT2D eigenvalue weighted by atomic mass is 19.4. The fourth-order valence-corrected chi connectivity index (χ4v) is 5.86. The van der Waals surface area contributed by atoms with Gasteiger partial charge in [-0.1, -0.05) is 97.9 Å². The summed E-state index contributed by atoms with van der Waals surface area (Å²) in [6, 6.07) is 28.7. The van der Waals surface area contributed by atoms with Gasteiger partial charge in [-0.05, 0) is 46.9 Å². The molecule has 0 spiro atoms. The summed E-state index contributed by atoms with van der Waals surface area (Å²) in [6.07, 6.45) is -1.30. The van der Waals surface area contributed by atoms with E-state index in [2.05, 4.69) is 17.0 Å². The minimum Gasteiger partial charge on any atom is -0.338 e. The van der Waals surface area contributed by atoms with E-state index in [1.54, 1.807) is 4.90 Å². The Kier molecular flexibility index (Phi) is 11.4. The second-order valence-electron chi connectivity index (χ2n) is 12.0. The number of hydrogen-bond acceptors (Lipinski definition) is 3. The minimum atomic E-state index is -4.69. The van der Waals surface area contributed by atoms with Crippen LogP contribution in [0, 0.1) is 5.82 Å². The molecule has 9 heteroatoms. The molecule has 1 aliphatic rings. The average molecular weight is 658 g/mol. The zero-order valence-corrected chi connectivity index (χ0v) is 26.9. The zero-order chi connectivity index (χ0) is 34.1. The van der Waals surface area contributed by atoms with E-state index in [1.165, 1.54) is 10.5 Å². The molecule has 0 bridgehead atoms. The lowest BCUT2D eigenvalue weighted by molar-refractivity contribution is -0.145. The van der Waals surface area contributed by atoms with Crippen molar-refractivity contribution >= 4 is 17.9 Å². The van der Waals surface area contributed by atoms with E-state index < -0.39 is 29.5 Å². The fourth-order valence-electron chi connectivity index (χ4n) is 5.86. The van der Waals surface area contributed by atoms with Crippen molar-refractivity contribution in [2.24, 2.45) is 0 Å². The van der Waals surface area contributed by atoms with Crippen LogP contribution in [0.15, 0.2) is 109 Å². The Bertz CT molecular complexity index is 1680. The van der Waals surface area contributed by atoms with Gasteiger partial charge in [-0.2, -0.15) is 13.2 Å². The predicted octanol–water partition coefficient (Wildman–Crippen LogP) is 7.40. The monoisotopic (exact) mass is 657 g/mol. The van der Waals surface area contributed by atoms with Crippen molar-refractivity contribution in [3.05, 3.63) is 148 Å². The Morgan fingerprint density at radius 3 is 1.98 bits per heavy atom. The van der Waals surface area contributed by atoms with Gasteiger partial charge in [0.1, 0.15) is 11.9 Å². The molecule has 0 aliphatic carbocycles. The lowest BCUT2D eigenvalue weighted by Gasteiger charge is -2.39. The first kappa shape index (κ1) is 34.6. The average Bonchev–Trinajstić information content (AvgIpc) is 3.10. The standard InChI is InChI=1S/C39H39F4N3O2/c1-2-29-13-15-32(16-14-29)28-46(37(47)20-18-33-17-19-34(26-35(33)40)39(41,42)43)36(25-30-9-5-3-6-10-30)38(48)45-23-21-44(22-24-45)27-31-11-7-4-8-12-31/h3-20,26,36H,2,21-25,27-28H2,1H3. The number of alkyl halides is 3. The first-order valence-electron chi connectivity index (χ1n) is 16.1. The van der Waals surface area contributed by atoms with Gasteiger partial charge in [-0.15, -0.1) is 0 Å². The molecule has 1 saturated heterocycles. The highest BCUT2D eigenvalue weighted by Crippen LogP contribution is 2.30. The molecule has 4 aromatic rings. The van der Waals surface area contributed by atoms with Gasteiger partial charge in [0.2, 0.25) is 11.8 Å². The Labute approximate surface area is 279 Å². The highest BCUT2D eigenvalue weighted by Gasteiger charge is 2.34. The maximum absolute atomic E-state index is 14.7.